The van der Waals surface area contributed by atoms with Gasteiger partial charge in [0.15, 0.2) is 6.10 Å². The van der Waals surface area contributed by atoms with Gasteiger partial charge in [0.05, 0.1) is 5.56 Å². The summed E-state index contributed by atoms with van der Waals surface area (Å²) in [4.78, 5) is 20.7. The van der Waals surface area contributed by atoms with Crippen LogP contribution in [0, 0.1) is 0 Å². The van der Waals surface area contributed by atoms with Gasteiger partial charge in [0.2, 0.25) is 0 Å². The summed E-state index contributed by atoms with van der Waals surface area (Å²) in [6.07, 6.45) is 7.76. The van der Waals surface area contributed by atoms with Crippen LogP contribution in [0.4, 0.5) is 0 Å². The number of pyridine rings is 1. The molecule has 1 aromatic carbocycles. The van der Waals surface area contributed by atoms with E-state index in [1.807, 2.05) is 36.0 Å². The van der Waals surface area contributed by atoms with E-state index in [0.29, 0.717) is 12.0 Å². The molecule has 122 valence electrons. The van der Waals surface area contributed by atoms with Crippen molar-refractivity contribution < 1.29 is 9.53 Å². The fraction of sp³-hybridized carbons (Fsp3) is 0.211. The van der Waals surface area contributed by atoms with Crippen LogP contribution in [-0.4, -0.2) is 20.5 Å². The number of hydrogen-bond acceptors (Lipinski definition) is 4. The van der Waals surface area contributed by atoms with E-state index >= 15 is 0 Å². The molecule has 0 aliphatic heterocycles. The Morgan fingerprint density at radius 2 is 2.00 bits per heavy atom. The number of ether oxygens (including phenoxy) is 1. The zero-order valence-electron chi connectivity index (χ0n) is 13.5. The lowest BCUT2D eigenvalue weighted by atomic mass is 10.1. The molecule has 0 fully saturated rings. The summed E-state index contributed by atoms with van der Waals surface area (Å²) in [5.74, 6) is 0.354. The number of carbonyl (C=O) groups excluding carboxylic acids is 1. The number of rotatable bonds is 6. The van der Waals surface area contributed by atoms with Gasteiger partial charge in [-0.2, -0.15) is 0 Å². The molecule has 3 aromatic rings. The number of carbonyl (C=O) groups is 1. The normalized spacial score (nSPS) is 11.9. The summed E-state index contributed by atoms with van der Waals surface area (Å²) in [5.41, 5.74) is 1.64. The molecular formula is C19H19N3O2. The van der Waals surface area contributed by atoms with E-state index in [1.165, 1.54) is 11.8 Å². The molecule has 1 unspecified atom stereocenters. The van der Waals surface area contributed by atoms with Crippen molar-refractivity contribution in [2.45, 2.75) is 18.9 Å². The van der Waals surface area contributed by atoms with Gasteiger partial charge >= 0.3 is 5.97 Å². The standard InChI is InChI=1S/C19H19N3O2/c1-22-13-12-21-18(22)17(10-9-15-6-3-2-4-7-15)24-19(23)16-8-5-11-20-14-16/h2-8,11-14,17H,9-10H2,1H3. The Bertz CT molecular complexity index is 785. The summed E-state index contributed by atoms with van der Waals surface area (Å²) in [6, 6.07) is 13.6. The van der Waals surface area contributed by atoms with E-state index in [1.54, 1.807) is 24.5 Å². The fourth-order valence-corrected chi connectivity index (χ4v) is 2.55. The van der Waals surface area contributed by atoms with Crippen molar-refractivity contribution in [3.63, 3.8) is 0 Å². The van der Waals surface area contributed by atoms with Crippen molar-refractivity contribution in [2.24, 2.45) is 7.05 Å². The van der Waals surface area contributed by atoms with Crippen molar-refractivity contribution >= 4 is 5.97 Å². The number of nitrogens with zero attached hydrogens (tertiary/aromatic N) is 3. The number of esters is 1. The van der Waals surface area contributed by atoms with E-state index in [9.17, 15) is 4.79 Å². The third-order valence-corrected chi connectivity index (χ3v) is 3.83. The van der Waals surface area contributed by atoms with Crippen LogP contribution in [0.1, 0.15) is 34.3 Å². The molecule has 0 spiro atoms. The summed E-state index contributed by atoms with van der Waals surface area (Å²) in [6.45, 7) is 0. The average molecular weight is 321 g/mol. The lowest BCUT2D eigenvalue weighted by Crippen LogP contribution is -2.16. The maximum Gasteiger partial charge on any atom is 0.340 e. The molecule has 0 aliphatic carbocycles. The van der Waals surface area contributed by atoms with Gasteiger partial charge in [-0.25, -0.2) is 9.78 Å². The molecular weight excluding hydrogens is 302 g/mol. The minimum Gasteiger partial charge on any atom is -0.451 e. The minimum atomic E-state index is -0.405. The number of aromatic nitrogens is 3. The SMILES string of the molecule is Cn1ccnc1C(CCc1ccccc1)OC(=O)c1cccnc1. The molecule has 0 saturated heterocycles. The first-order valence-corrected chi connectivity index (χ1v) is 7.86. The van der Waals surface area contributed by atoms with Gasteiger partial charge in [-0.3, -0.25) is 4.98 Å². The smallest absolute Gasteiger partial charge is 0.340 e. The van der Waals surface area contributed by atoms with Crippen molar-refractivity contribution in [3.8, 4) is 0 Å². The molecule has 0 amide bonds. The maximum atomic E-state index is 12.4. The third-order valence-electron chi connectivity index (χ3n) is 3.83. The first-order valence-electron chi connectivity index (χ1n) is 7.86. The summed E-state index contributed by atoms with van der Waals surface area (Å²) in [5, 5.41) is 0. The molecule has 0 bridgehead atoms. The van der Waals surface area contributed by atoms with Crippen LogP contribution in [0.5, 0.6) is 0 Å². The van der Waals surface area contributed by atoms with Crippen molar-refractivity contribution in [2.75, 3.05) is 0 Å². The van der Waals surface area contributed by atoms with Crippen molar-refractivity contribution in [1.29, 1.82) is 0 Å². The highest BCUT2D eigenvalue weighted by Crippen LogP contribution is 2.23. The Balaban J connectivity index is 1.75. The van der Waals surface area contributed by atoms with E-state index in [4.69, 9.17) is 4.74 Å². The fourth-order valence-electron chi connectivity index (χ4n) is 2.55. The van der Waals surface area contributed by atoms with Gasteiger partial charge in [-0.15, -0.1) is 0 Å². The average Bonchev–Trinajstić information content (AvgIpc) is 3.06. The Hall–Kier alpha value is -2.95. The van der Waals surface area contributed by atoms with Gasteiger partial charge < -0.3 is 9.30 Å². The van der Waals surface area contributed by atoms with E-state index < -0.39 is 6.10 Å². The van der Waals surface area contributed by atoms with Crippen LogP contribution >= 0.6 is 0 Å². The van der Waals surface area contributed by atoms with Gasteiger partial charge in [-0.1, -0.05) is 30.3 Å². The Morgan fingerprint density at radius 3 is 2.67 bits per heavy atom. The van der Waals surface area contributed by atoms with E-state index in [0.717, 1.165) is 12.2 Å². The molecule has 2 heterocycles. The zero-order chi connectivity index (χ0) is 16.8. The molecule has 3 rings (SSSR count). The zero-order valence-corrected chi connectivity index (χ0v) is 13.5. The van der Waals surface area contributed by atoms with Crippen molar-refractivity contribution in [1.82, 2.24) is 14.5 Å². The molecule has 5 heteroatoms. The van der Waals surface area contributed by atoms with Crippen LogP contribution in [0.3, 0.4) is 0 Å². The van der Waals surface area contributed by atoms with Crippen molar-refractivity contribution in [3.05, 3.63) is 84.2 Å². The first kappa shape index (κ1) is 15.9. The monoisotopic (exact) mass is 321 g/mol. The lowest BCUT2D eigenvalue weighted by molar-refractivity contribution is 0.0249. The highest BCUT2D eigenvalue weighted by molar-refractivity contribution is 5.89. The van der Waals surface area contributed by atoms with Crippen LogP contribution in [0.15, 0.2) is 67.3 Å². The maximum absolute atomic E-state index is 12.4. The molecule has 1 atom stereocenters. The number of hydrogen-bond donors (Lipinski definition) is 0. The number of imidazole rings is 1. The number of aryl methyl sites for hydroxylation is 2. The quantitative estimate of drug-likeness (QED) is 0.653. The first-order chi connectivity index (χ1) is 11.7. The second-order valence-corrected chi connectivity index (χ2v) is 5.56. The highest BCUT2D eigenvalue weighted by Gasteiger charge is 2.21. The predicted molar refractivity (Wildman–Crippen MR) is 90.4 cm³/mol. The van der Waals surface area contributed by atoms with Gasteiger partial charge in [-0.05, 0) is 30.5 Å². The molecule has 24 heavy (non-hydrogen) atoms. The molecule has 0 aliphatic rings. The topological polar surface area (TPSA) is 57.0 Å². The predicted octanol–water partition coefficient (Wildman–Crippen LogP) is 3.35. The van der Waals surface area contributed by atoms with Crippen LogP contribution in [0.25, 0.3) is 0 Å². The molecule has 0 N–H and O–H groups in total. The Kier molecular flexibility index (Phi) is 5.01. The molecule has 2 aromatic heterocycles. The minimum absolute atomic E-state index is 0.385. The highest BCUT2D eigenvalue weighted by atomic mass is 16.5. The Morgan fingerprint density at radius 1 is 1.17 bits per heavy atom. The van der Waals surface area contributed by atoms with Gasteiger partial charge in [0, 0.05) is 31.8 Å². The van der Waals surface area contributed by atoms with Gasteiger partial charge in [0.25, 0.3) is 0 Å². The lowest BCUT2D eigenvalue weighted by Gasteiger charge is -2.18. The van der Waals surface area contributed by atoms with Crippen LogP contribution in [-0.2, 0) is 18.2 Å². The second-order valence-electron chi connectivity index (χ2n) is 5.56. The van der Waals surface area contributed by atoms with Crippen LogP contribution in [0.2, 0.25) is 0 Å². The van der Waals surface area contributed by atoms with E-state index in [-0.39, 0.29) is 5.97 Å². The third kappa shape index (κ3) is 3.87. The molecule has 0 radical (unpaired) electrons. The summed E-state index contributed by atoms with van der Waals surface area (Å²) in [7, 11) is 1.90. The van der Waals surface area contributed by atoms with E-state index in [2.05, 4.69) is 22.1 Å². The largest absolute Gasteiger partial charge is 0.451 e. The molecule has 0 saturated carbocycles. The molecule has 5 nitrogen and oxygen atoms in total. The summed E-state index contributed by atoms with van der Waals surface area (Å²) >= 11 is 0. The second kappa shape index (κ2) is 7.55. The van der Waals surface area contributed by atoms with Gasteiger partial charge in [0.1, 0.15) is 5.82 Å². The number of benzene rings is 1. The summed E-state index contributed by atoms with van der Waals surface area (Å²) < 4.78 is 7.60. The van der Waals surface area contributed by atoms with Crippen LogP contribution < -0.4 is 0 Å². The Labute approximate surface area is 141 Å².